The molecule has 7 heteroatoms. The van der Waals surface area contributed by atoms with Gasteiger partial charge in [-0.15, -0.1) is 0 Å². The predicted molar refractivity (Wildman–Crippen MR) is 73.2 cm³/mol. The zero-order valence-electron chi connectivity index (χ0n) is 11.1. The lowest BCUT2D eigenvalue weighted by Crippen LogP contribution is -2.36. The van der Waals surface area contributed by atoms with Gasteiger partial charge in [-0.05, 0) is 17.7 Å². The first-order valence-corrected chi connectivity index (χ1v) is 6.36. The van der Waals surface area contributed by atoms with Gasteiger partial charge in [0.15, 0.2) is 23.7 Å². The number of phenolic OH excluding ortho intramolecular Hbond substituents is 4. The van der Waals surface area contributed by atoms with Crippen molar-refractivity contribution < 1.29 is 35.1 Å². The topological polar surface area (TPSA) is 127 Å². The zero-order valence-corrected chi connectivity index (χ0v) is 11.1. The number of aromatic hydroxyl groups is 4. The highest BCUT2D eigenvalue weighted by Crippen LogP contribution is 2.47. The SMILES string of the molecule is O=C1c2c(cc(O)c(O)c2O)OC(c2ccc(O)cc2)C1O. The third-order valence-electron chi connectivity index (χ3n) is 3.50. The van der Waals surface area contributed by atoms with E-state index >= 15 is 0 Å². The molecule has 0 radical (unpaired) electrons. The third kappa shape index (κ3) is 1.99. The molecule has 2 atom stereocenters. The number of hydrogen-bond donors (Lipinski definition) is 5. The number of rotatable bonds is 1. The number of fused-ring (bicyclic) bond motifs is 1. The van der Waals surface area contributed by atoms with Gasteiger partial charge in [-0.3, -0.25) is 4.79 Å². The zero-order chi connectivity index (χ0) is 16.0. The van der Waals surface area contributed by atoms with Crippen LogP contribution in [0.1, 0.15) is 22.0 Å². The van der Waals surface area contributed by atoms with Gasteiger partial charge >= 0.3 is 0 Å². The van der Waals surface area contributed by atoms with Crippen molar-refractivity contribution in [3.8, 4) is 28.7 Å². The highest BCUT2D eigenvalue weighted by atomic mass is 16.5. The highest BCUT2D eigenvalue weighted by molar-refractivity contribution is 6.06. The maximum Gasteiger partial charge on any atom is 0.203 e. The second-order valence-electron chi connectivity index (χ2n) is 4.91. The molecule has 2 aromatic carbocycles. The van der Waals surface area contributed by atoms with E-state index in [-0.39, 0.29) is 11.5 Å². The summed E-state index contributed by atoms with van der Waals surface area (Å²) >= 11 is 0. The van der Waals surface area contributed by atoms with Crippen LogP contribution in [0.15, 0.2) is 30.3 Å². The van der Waals surface area contributed by atoms with Crippen molar-refractivity contribution in [2.75, 3.05) is 0 Å². The Morgan fingerprint density at radius 3 is 2.23 bits per heavy atom. The molecular formula is C15H12O7. The van der Waals surface area contributed by atoms with Crippen LogP contribution in [0, 0.1) is 0 Å². The van der Waals surface area contributed by atoms with Crippen LogP contribution >= 0.6 is 0 Å². The molecule has 0 aliphatic carbocycles. The third-order valence-corrected chi connectivity index (χ3v) is 3.50. The van der Waals surface area contributed by atoms with E-state index in [2.05, 4.69) is 0 Å². The summed E-state index contributed by atoms with van der Waals surface area (Å²) in [6.07, 6.45) is -2.67. The molecule has 1 heterocycles. The number of carbonyl (C=O) groups excluding carboxylic acids is 1. The Morgan fingerprint density at radius 1 is 0.955 bits per heavy atom. The van der Waals surface area contributed by atoms with E-state index in [0.29, 0.717) is 5.56 Å². The van der Waals surface area contributed by atoms with Crippen LogP contribution in [0.25, 0.3) is 0 Å². The maximum absolute atomic E-state index is 12.2. The first-order chi connectivity index (χ1) is 10.4. The molecule has 1 aliphatic heterocycles. The second-order valence-corrected chi connectivity index (χ2v) is 4.91. The molecule has 0 aromatic heterocycles. The van der Waals surface area contributed by atoms with Gasteiger partial charge in [0.2, 0.25) is 11.5 Å². The van der Waals surface area contributed by atoms with Gasteiger partial charge < -0.3 is 30.3 Å². The van der Waals surface area contributed by atoms with E-state index < -0.39 is 40.8 Å². The largest absolute Gasteiger partial charge is 0.508 e. The van der Waals surface area contributed by atoms with Crippen LogP contribution < -0.4 is 4.74 Å². The number of phenols is 4. The van der Waals surface area contributed by atoms with E-state index in [1.165, 1.54) is 24.3 Å². The fourth-order valence-electron chi connectivity index (χ4n) is 2.35. The first-order valence-electron chi connectivity index (χ1n) is 6.36. The van der Waals surface area contributed by atoms with E-state index in [0.717, 1.165) is 6.07 Å². The van der Waals surface area contributed by atoms with Crippen LogP contribution in [-0.4, -0.2) is 37.4 Å². The Bertz CT molecular complexity index is 751. The van der Waals surface area contributed by atoms with Gasteiger partial charge in [-0.1, -0.05) is 12.1 Å². The van der Waals surface area contributed by atoms with Crippen molar-refractivity contribution in [2.45, 2.75) is 12.2 Å². The molecule has 7 nitrogen and oxygen atoms in total. The lowest BCUT2D eigenvalue weighted by atomic mass is 9.92. The molecule has 22 heavy (non-hydrogen) atoms. The van der Waals surface area contributed by atoms with Crippen molar-refractivity contribution in [2.24, 2.45) is 0 Å². The van der Waals surface area contributed by atoms with Gasteiger partial charge in [0, 0.05) is 6.07 Å². The molecule has 5 N–H and O–H groups in total. The van der Waals surface area contributed by atoms with E-state index in [1.54, 1.807) is 0 Å². The summed E-state index contributed by atoms with van der Waals surface area (Å²) in [5.74, 6) is -3.33. The Morgan fingerprint density at radius 2 is 1.59 bits per heavy atom. The van der Waals surface area contributed by atoms with Crippen LogP contribution in [-0.2, 0) is 0 Å². The summed E-state index contributed by atoms with van der Waals surface area (Å²) < 4.78 is 5.47. The van der Waals surface area contributed by atoms with Crippen molar-refractivity contribution in [1.82, 2.24) is 0 Å². The van der Waals surface area contributed by atoms with Crippen molar-refractivity contribution in [3.63, 3.8) is 0 Å². The minimum Gasteiger partial charge on any atom is -0.508 e. The summed E-state index contributed by atoms with van der Waals surface area (Å²) in [6.45, 7) is 0. The van der Waals surface area contributed by atoms with Crippen molar-refractivity contribution in [1.29, 1.82) is 0 Å². The number of ketones is 1. The van der Waals surface area contributed by atoms with Crippen LogP contribution in [0.3, 0.4) is 0 Å². The molecule has 0 fully saturated rings. The molecule has 0 bridgehead atoms. The molecule has 3 rings (SSSR count). The normalized spacial score (nSPS) is 20.3. The van der Waals surface area contributed by atoms with E-state index in [1.807, 2.05) is 0 Å². The summed E-state index contributed by atoms with van der Waals surface area (Å²) in [6, 6.07) is 6.68. The first kappa shape index (κ1) is 14.0. The number of benzene rings is 2. The van der Waals surface area contributed by atoms with E-state index in [9.17, 15) is 30.3 Å². The summed E-state index contributed by atoms with van der Waals surface area (Å²) in [5, 5.41) is 48.1. The number of Topliss-reactive ketones (excluding diaryl/α,β-unsaturated/α-hetero) is 1. The predicted octanol–water partition coefficient (Wildman–Crippen LogP) is 1.19. The average Bonchev–Trinajstić information content (AvgIpc) is 2.49. The fraction of sp³-hybridized carbons (Fsp3) is 0.133. The molecular weight excluding hydrogens is 292 g/mol. The molecule has 0 saturated heterocycles. The summed E-state index contributed by atoms with van der Waals surface area (Å²) in [5.41, 5.74) is 0.0363. The van der Waals surface area contributed by atoms with Crippen molar-refractivity contribution in [3.05, 3.63) is 41.5 Å². The van der Waals surface area contributed by atoms with Crippen molar-refractivity contribution >= 4 is 5.78 Å². The molecule has 0 saturated carbocycles. The maximum atomic E-state index is 12.2. The Hall–Kier alpha value is -2.93. The van der Waals surface area contributed by atoms with Crippen LogP contribution in [0.2, 0.25) is 0 Å². The number of aliphatic hydroxyl groups excluding tert-OH is 1. The number of ether oxygens (including phenoxy) is 1. The van der Waals surface area contributed by atoms with Gasteiger partial charge in [-0.2, -0.15) is 0 Å². The standard InChI is InChI=1S/C15H12O7/c16-7-3-1-6(2-4-7)15-14(21)13(20)10-9(22-15)5-8(17)11(18)12(10)19/h1-5,14-19,21H. The van der Waals surface area contributed by atoms with Gasteiger partial charge in [0.1, 0.15) is 17.1 Å². The highest BCUT2D eigenvalue weighted by Gasteiger charge is 2.40. The number of hydrogen-bond acceptors (Lipinski definition) is 7. The number of carbonyl (C=O) groups is 1. The monoisotopic (exact) mass is 304 g/mol. The molecule has 1 aliphatic rings. The fourth-order valence-corrected chi connectivity index (χ4v) is 2.35. The molecule has 114 valence electrons. The van der Waals surface area contributed by atoms with Crippen LogP contribution in [0.5, 0.6) is 28.7 Å². The van der Waals surface area contributed by atoms with Crippen LogP contribution in [0.4, 0.5) is 0 Å². The summed E-state index contributed by atoms with van der Waals surface area (Å²) in [7, 11) is 0. The number of aliphatic hydroxyl groups is 1. The minimum absolute atomic E-state index is 0.0148. The second kappa shape index (κ2) is 4.81. The van der Waals surface area contributed by atoms with Gasteiger partial charge in [0.25, 0.3) is 0 Å². The molecule has 0 spiro atoms. The quantitative estimate of drug-likeness (QED) is 0.501. The summed E-state index contributed by atoms with van der Waals surface area (Å²) in [4.78, 5) is 12.2. The molecule has 2 unspecified atom stereocenters. The molecule has 0 amide bonds. The van der Waals surface area contributed by atoms with Gasteiger partial charge in [-0.25, -0.2) is 0 Å². The lowest BCUT2D eigenvalue weighted by Gasteiger charge is -2.30. The smallest absolute Gasteiger partial charge is 0.203 e. The minimum atomic E-state index is -1.60. The van der Waals surface area contributed by atoms with E-state index in [4.69, 9.17) is 4.74 Å². The average molecular weight is 304 g/mol. The van der Waals surface area contributed by atoms with Gasteiger partial charge in [0.05, 0.1) is 0 Å². The Kier molecular flexibility index (Phi) is 3.07. The Balaban J connectivity index is 2.10. The Labute approximate surface area is 124 Å². The molecule has 2 aromatic rings. The lowest BCUT2D eigenvalue weighted by molar-refractivity contribution is 0.0209.